The van der Waals surface area contributed by atoms with Crippen LogP contribution in [0, 0.1) is 10.1 Å². The molecule has 0 unspecified atom stereocenters. The van der Waals surface area contributed by atoms with Crippen molar-refractivity contribution >= 4 is 49.8 Å². The van der Waals surface area contributed by atoms with Crippen LogP contribution < -0.4 is 5.32 Å². The molecule has 0 saturated carbocycles. The number of hydrogen-bond acceptors (Lipinski definition) is 9. The lowest BCUT2D eigenvalue weighted by molar-refractivity contribution is -0.384. The van der Waals surface area contributed by atoms with Crippen molar-refractivity contribution in [1.29, 1.82) is 0 Å². The number of nitrogens with one attached hydrogen (secondary N) is 1. The van der Waals surface area contributed by atoms with E-state index in [2.05, 4.69) is 15.5 Å². The number of aromatic nitrogens is 2. The average Bonchev–Trinajstić information content (AvgIpc) is 3.25. The van der Waals surface area contributed by atoms with Crippen LogP contribution in [0.1, 0.15) is 29.8 Å². The highest BCUT2D eigenvalue weighted by Crippen LogP contribution is 2.29. The number of non-ortho nitro benzene ring substituents is 1. The molecule has 174 valence electrons. The number of sulfonamides is 1. The molecule has 13 heteroatoms. The van der Waals surface area contributed by atoms with Crippen LogP contribution in [0.25, 0.3) is 0 Å². The topological polar surface area (TPSA) is 135 Å². The summed E-state index contributed by atoms with van der Waals surface area (Å²) in [6.45, 7) is 4.25. The number of nitro benzene ring substituents is 1. The van der Waals surface area contributed by atoms with Gasteiger partial charge in [0, 0.05) is 36.5 Å². The number of carbonyl (C=O) groups is 1. The highest BCUT2D eigenvalue weighted by atomic mass is 32.2. The summed E-state index contributed by atoms with van der Waals surface area (Å²) in [5.74, 6) is 0.0281. The first-order valence-corrected chi connectivity index (χ1v) is 13.1. The largest absolute Gasteiger partial charge is 0.296 e. The van der Waals surface area contributed by atoms with Gasteiger partial charge < -0.3 is 0 Å². The predicted molar refractivity (Wildman–Crippen MR) is 127 cm³/mol. The molecule has 1 N–H and O–H groups in total. The van der Waals surface area contributed by atoms with Gasteiger partial charge in [-0.25, -0.2) is 8.42 Å². The van der Waals surface area contributed by atoms with Gasteiger partial charge in [-0.15, -0.1) is 10.2 Å². The zero-order valence-corrected chi connectivity index (χ0v) is 20.2. The number of amides is 1. The van der Waals surface area contributed by atoms with E-state index in [4.69, 9.17) is 0 Å². The highest BCUT2D eigenvalue weighted by molar-refractivity contribution is 8.00. The Hall–Kier alpha value is -2.87. The normalized spacial score (nSPS) is 11.5. The SMILES string of the molecule is CCN(CC)S(=O)(=O)c1ccc(C(=O)Nc2nnc(SCc3cccc([N+](=O)[O-])c3)s2)cc1. The third-order valence-electron chi connectivity index (χ3n) is 4.57. The Morgan fingerprint density at radius 1 is 1.15 bits per heavy atom. The van der Waals surface area contributed by atoms with Crippen molar-refractivity contribution in [2.24, 2.45) is 0 Å². The second-order valence-corrected chi connectivity index (χ2v) is 10.8. The van der Waals surface area contributed by atoms with Crippen LogP contribution >= 0.6 is 23.1 Å². The fourth-order valence-electron chi connectivity index (χ4n) is 2.88. The second-order valence-electron chi connectivity index (χ2n) is 6.66. The zero-order chi connectivity index (χ0) is 24.0. The average molecular weight is 508 g/mol. The maximum absolute atomic E-state index is 12.6. The Balaban J connectivity index is 1.61. The molecule has 0 saturated heterocycles. The lowest BCUT2D eigenvalue weighted by Crippen LogP contribution is -2.30. The molecule has 0 aliphatic rings. The molecule has 0 aliphatic heterocycles. The molecule has 0 radical (unpaired) electrons. The van der Waals surface area contributed by atoms with Crippen molar-refractivity contribution in [2.45, 2.75) is 28.8 Å². The molecule has 2 aromatic carbocycles. The van der Waals surface area contributed by atoms with Gasteiger partial charge in [0.1, 0.15) is 0 Å². The van der Waals surface area contributed by atoms with Crippen molar-refractivity contribution in [2.75, 3.05) is 18.4 Å². The number of thioether (sulfide) groups is 1. The van der Waals surface area contributed by atoms with Gasteiger partial charge in [0.05, 0.1) is 9.82 Å². The highest BCUT2D eigenvalue weighted by Gasteiger charge is 2.22. The molecule has 0 aliphatic carbocycles. The molecule has 0 atom stereocenters. The number of nitrogens with zero attached hydrogens (tertiary/aromatic N) is 4. The minimum atomic E-state index is -3.59. The fraction of sp³-hybridized carbons (Fsp3) is 0.250. The number of rotatable bonds is 10. The molecule has 1 amide bonds. The van der Waals surface area contributed by atoms with E-state index >= 15 is 0 Å². The first kappa shape index (κ1) is 24.8. The summed E-state index contributed by atoms with van der Waals surface area (Å²) in [7, 11) is -3.59. The smallest absolute Gasteiger partial charge is 0.269 e. The molecule has 33 heavy (non-hydrogen) atoms. The Morgan fingerprint density at radius 3 is 2.48 bits per heavy atom. The number of hydrogen-bond donors (Lipinski definition) is 1. The van der Waals surface area contributed by atoms with Gasteiger partial charge in [0.15, 0.2) is 4.34 Å². The van der Waals surface area contributed by atoms with Gasteiger partial charge in [-0.1, -0.05) is 49.1 Å². The summed E-state index contributed by atoms with van der Waals surface area (Å²) < 4.78 is 27.1. The minimum Gasteiger partial charge on any atom is -0.296 e. The van der Waals surface area contributed by atoms with E-state index in [9.17, 15) is 23.3 Å². The molecule has 0 fully saturated rings. The molecule has 3 aromatic rings. The van der Waals surface area contributed by atoms with Crippen molar-refractivity contribution < 1.29 is 18.1 Å². The van der Waals surface area contributed by atoms with Crippen molar-refractivity contribution in [1.82, 2.24) is 14.5 Å². The monoisotopic (exact) mass is 507 g/mol. The Bertz CT molecular complexity index is 1240. The van der Waals surface area contributed by atoms with Crippen LogP contribution in [0.15, 0.2) is 57.8 Å². The number of carbonyl (C=O) groups excluding carboxylic acids is 1. The van der Waals surface area contributed by atoms with E-state index in [0.29, 0.717) is 28.3 Å². The maximum atomic E-state index is 12.6. The Kier molecular flexibility index (Phi) is 8.13. The third kappa shape index (κ3) is 6.13. The van der Waals surface area contributed by atoms with Gasteiger partial charge in [-0.2, -0.15) is 4.31 Å². The molecule has 1 aromatic heterocycles. The van der Waals surface area contributed by atoms with E-state index in [1.807, 2.05) is 0 Å². The summed E-state index contributed by atoms with van der Waals surface area (Å²) in [5, 5.41) is 21.8. The van der Waals surface area contributed by atoms with E-state index in [-0.39, 0.29) is 16.1 Å². The standard InChI is InChI=1S/C20H21N5O5S3/c1-3-24(4-2)33(29,30)17-10-8-15(9-11-17)18(26)21-19-22-23-20(32-19)31-13-14-6-5-7-16(12-14)25(27)28/h5-12H,3-4,13H2,1-2H3,(H,21,22,26). The van der Waals surface area contributed by atoms with Gasteiger partial charge in [-0.3, -0.25) is 20.2 Å². The lowest BCUT2D eigenvalue weighted by Gasteiger charge is -2.18. The van der Waals surface area contributed by atoms with Crippen LogP contribution in [-0.2, 0) is 15.8 Å². The third-order valence-corrected chi connectivity index (χ3v) is 8.68. The summed E-state index contributed by atoms with van der Waals surface area (Å²) >= 11 is 2.52. The van der Waals surface area contributed by atoms with E-state index < -0.39 is 20.9 Å². The van der Waals surface area contributed by atoms with Crippen LogP contribution in [0.3, 0.4) is 0 Å². The summed E-state index contributed by atoms with van der Waals surface area (Å²) in [5.41, 5.74) is 1.08. The number of benzene rings is 2. The first-order valence-electron chi connectivity index (χ1n) is 9.85. The van der Waals surface area contributed by atoms with Gasteiger partial charge in [-0.05, 0) is 29.8 Å². The first-order chi connectivity index (χ1) is 15.7. The van der Waals surface area contributed by atoms with E-state index in [0.717, 1.165) is 5.56 Å². The summed E-state index contributed by atoms with van der Waals surface area (Å²) in [4.78, 5) is 23.1. The molecule has 1 heterocycles. The molecule has 0 bridgehead atoms. The van der Waals surface area contributed by atoms with Crippen molar-refractivity contribution in [3.8, 4) is 0 Å². The maximum Gasteiger partial charge on any atom is 0.269 e. The minimum absolute atomic E-state index is 0.0224. The summed E-state index contributed by atoms with van der Waals surface area (Å²) in [6.07, 6.45) is 0. The molecule has 0 spiro atoms. The second kappa shape index (κ2) is 10.8. The van der Waals surface area contributed by atoms with Gasteiger partial charge in [0.25, 0.3) is 11.6 Å². The fourth-order valence-corrected chi connectivity index (χ4v) is 6.03. The van der Waals surface area contributed by atoms with Gasteiger partial charge >= 0.3 is 0 Å². The van der Waals surface area contributed by atoms with E-state index in [1.54, 1.807) is 26.0 Å². The lowest BCUT2D eigenvalue weighted by atomic mass is 10.2. The van der Waals surface area contributed by atoms with Crippen molar-refractivity contribution in [3.05, 3.63) is 69.8 Å². The molecule has 3 rings (SSSR count). The molecular formula is C20H21N5O5S3. The van der Waals surface area contributed by atoms with E-state index in [1.165, 1.54) is 63.8 Å². The van der Waals surface area contributed by atoms with Crippen LogP contribution in [-0.4, -0.2) is 46.8 Å². The molecular weight excluding hydrogens is 486 g/mol. The van der Waals surface area contributed by atoms with Crippen molar-refractivity contribution in [3.63, 3.8) is 0 Å². The molecule has 10 nitrogen and oxygen atoms in total. The van der Waals surface area contributed by atoms with Crippen LogP contribution in [0.5, 0.6) is 0 Å². The quantitative estimate of drug-likeness (QED) is 0.188. The number of anilines is 1. The Labute approximate surface area is 199 Å². The van der Waals surface area contributed by atoms with Crippen LogP contribution in [0.2, 0.25) is 0 Å². The van der Waals surface area contributed by atoms with Gasteiger partial charge in [0.2, 0.25) is 15.2 Å². The zero-order valence-electron chi connectivity index (χ0n) is 17.8. The summed E-state index contributed by atoms with van der Waals surface area (Å²) in [6, 6.07) is 12.0. The van der Waals surface area contributed by atoms with Crippen LogP contribution in [0.4, 0.5) is 10.8 Å². The Morgan fingerprint density at radius 2 is 1.85 bits per heavy atom. The number of nitro groups is 1. The predicted octanol–water partition coefficient (Wildman–Crippen LogP) is 4.02.